The van der Waals surface area contributed by atoms with Crippen LogP contribution in [-0.2, 0) is 4.79 Å². The van der Waals surface area contributed by atoms with Gasteiger partial charge >= 0.3 is 5.97 Å². The van der Waals surface area contributed by atoms with Gasteiger partial charge < -0.3 is 15.4 Å². The van der Waals surface area contributed by atoms with E-state index in [1.807, 2.05) is 42.0 Å². The summed E-state index contributed by atoms with van der Waals surface area (Å²) < 4.78 is 1.95. The summed E-state index contributed by atoms with van der Waals surface area (Å²) in [4.78, 5) is 32.9. The molecule has 0 aliphatic rings. The smallest absolute Gasteiger partial charge is 0.335 e. The number of fused-ring (bicyclic) bond motifs is 1. The molecule has 0 aliphatic carbocycles. The van der Waals surface area contributed by atoms with E-state index < -0.39 is 5.97 Å². The topological polar surface area (TPSA) is 111 Å². The van der Waals surface area contributed by atoms with Crippen LogP contribution in [-0.4, -0.2) is 31.4 Å². The second-order valence-electron chi connectivity index (χ2n) is 8.21. The van der Waals surface area contributed by atoms with Gasteiger partial charge in [-0.3, -0.25) is 9.78 Å². The van der Waals surface area contributed by atoms with E-state index >= 15 is 0 Å². The van der Waals surface area contributed by atoms with Crippen LogP contribution in [0.25, 0.3) is 27.7 Å². The first-order chi connectivity index (χ1) is 16.6. The molecule has 0 aliphatic heterocycles. The highest BCUT2D eigenvalue weighted by Crippen LogP contribution is 2.42. The molecule has 7 nitrogen and oxygen atoms in total. The molecule has 9 heteroatoms. The van der Waals surface area contributed by atoms with Crippen LogP contribution in [0.5, 0.6) is 0 Å². The number of hydrogen-bond donors (Lipinski definition) is 2. The highest BCUT2D eigenvalue weighted by molar-refractivity contribution is 6.40. The standard InChI is InChI=1S/C26H22Cl2N4O3/c1-13(29)23(15(3)33)17-8-18-19(24-20(27)9-16(26(34)35)10-21(24)28)12-32(25(18)31-11-17)14(2)22-6-4-5-7-30-22/h4-12,14H,29H2,1-3H3,(H,34,35)/b23-13+/t14-/m0/s1. The molecular formula is C26H22Cl2N4O3. The third-order valence-electron chi connectivity index (χ3n) is 5.80. The van der Waals surface area contributed by atoms with Gasteiger partial charge in [0.25, 0.3) is 0 Å². The number of nitrogens with zero attached hydrogens (tertiary/aromatic N) is 3. The Labute approximate surface area is 211 Å². The molecule has 35 heavy (non-hydrogen) atoms. The second-order valence-corrected chi connectivity index (χ2v) is 9.02. The molecule has 3 heterocycles. The summed E-state index contributed by atoms with van der Waals surface area (Å²) in [5.41, 5.74) is 9.84. The highest BCUT2D eigenvalue weighted by Gasteiger charge is 2.23. The van der Waals surface area contributed by atoms with Crippen molar-refractivity contribution in [2.75, 3.05) is 0 Å². The zero-order chi connectivity index (χ0) is 25.4. The number of carboxylic acids is 1. The van der Waals surface area contributed by atoms with E-state index in [0.717, 1.165) is 5.69 Å². The van der Waals surface area contributed by atoms with Gasteiger partial charge in [-0.15, -0.1) is 0 Å². The minimum atomic E-state index is -1.13. The Bertz CT molecular complexity index is 1480. The number of aromatic nitrogens is 3. The third kappa shape index (κ3) is 4.52. The number of nitrogens with two attached hydrogens (primary N) is 1. The normalized spacial score (nSPS) is 12.9. The lowest BCUT2D eigenvalue weighted by Crippen LogP contribution is -2.08. The van der Waals surface area contributed by atoms with Gasteiger partial charge in [-0.25, -0.2) is 9.78 Å². The maximum Gasteiger partial charge on any atom is 0.335 e. The van der Waals surface area contributed by atoms with Crippen molar-refractivity contribution in [3.63, 3.8) is 0 Å². The van der Waals surface area contributed by atoms with E-state index in [9.17, 15) is 14.7 Å². The number of allylic oxidation sites excluding steroid dienone is 2. The molecule has 0 radical (unpaired) electrons. The summed E-state index contributed by atoms with van der Waals surface area (Å²) >= 11 is 13.1. The van der Waals surface area contributed by atoms with Crippen molar-refractivity contribution in [1.29, 1.82) is 0 Å². The molecule has 4 rings (SSSR count). The first kappa shape index (κ1) is 24.4. The van der Waals surface area contributed by atoms with E-state index in [4.69, 9.17) is 28.9 Å². The minimum Gasteiger partial charge on any atom is -0.478 e. The molecule has 3 N–H and O–H groups in total. The van der Waals surface area contributed by atoms with Crippen molar-refractivity contribution in [2.45, 2.75) is 26.8 Å². The second kappa shape index (κ2) is 9.52. The van der Waals surface area contributed by atoms with Crippen molar-refractivity contribution >= 4 is 51.6 Å². The number of aromatic carboxylic acids is 1. The Hall–Kier alpha value is -3.68. The molecule has 3 aromatic heterocycles. The summed E-state index contributed by atoms with van der Waals surface area (Å²) in [6.07, 6.45) is 5.19. The van der Waals surface area contributed by atoms with E-state index in [1.165, 1.54) is 19.1 Å². The van der Waals surface area contributed by atoms with Gasteiger partial charge in [0.15, 0.2) is 5.78 Å². The van der Waals surface area contributed by atoms with Gasteiger partial charge in [-0.05, 0) is 51.1 Å². The van der Waals surface area contributed by atoms with Crippen molar-refractivity contribution in [1.82, 2.24) is 14.5 Å². The van der Waals surface area contributed by atoms with Gasteiger partial charge in [-0.1, -0.05) is 29.3 Å². The number of Topliss-reactive ketones (excluding diaryl/α,β-unsaturated/α-hetero) is 1. The predicted molar refractivity (Wildman–Crippen MR) is 138 cm³/mol. The number of ketones is 1. The van der Waals surface area contributed by atoms with Gasteiger partial charge in [0, 0.05) is 51.9 Å². The zero-order valence-electron chi connectivity index (χ0n) is 19.2. The zero-order valence-corrected chi connectivity index (χ0v) is 20.7. The van der Waals surface area contributed by atoms with E-state index in [-0.39, 0.29) is 27.4 Å². The van der Waals surface area contributed by atoms with Crippen LogP contribution in [0.15, 0.2) is 60.7 Å². The molecule has 1 atom stereocenters. The SMILES string of the molecule is CC(=O)/C(=C(/C)N)c1cnc2c(c1)c(-c1c(Cl)cc(C(=O)O)cc1Cl)cn2[C@@H](C)c1ccccn1. The van der Waals surface area contributed by atoms with Gasteiger partial charge in [0.05, 0.1) is 27.3 Å². The number of rotatable bonds is 6. The fourth-order valence-corrected chi connectivity index (χ4v) is 4.88. The van der Waals surface area contributed by atoms with Crippen LogP contribution in [0.3, 0.4) is 0 Å². The molecule has 0 saturated carbocycles. The molecule has 0 spiro atoms. The quantitative estimate of drug-likeness (QED) is 0.309. The molecule has 178 valence electrons. The summed E-state index contributed by atoms with van der Waals surface area (Å²) in [5.74, 6) is -1.32. The fourth-order valence-electron chi connectivity index (χ4n) is 4.19. The molecular weight excluding hydrogens is 487 g/mol. The summed E-state index contributed by atoms with van der Waals surface area (Å²) in [7, 11) is 0. The summed E-state index contributed by atoms with van der Waals surface area (Å²) in [6.45, 7) is 5.10. The van der Waals surface area contributed by atoms with E-state index in [0.29, 0.717) is 39.0 Å². The number of benzene rings is 1. The van der Waals surface area contributed by atoms with Gasteiger partial charge in [0.1, 0.15) is 5.65 Å². The molecule has 1 aromatic carbocycles. The summed E-state index contributed by atoms with van der Waals surface area (Å²) in [5, 5.41) is 10.4. The largest absolute Gasteiger partial charge is 0.478 e. The first-order valence-electron chi connectivity index (χ1n) is 10.7. The third-order valence-corrected chi connectivity index (χ3v) is 6.39. The summed E-state index contributed by atoms with van der Waals surface area (Å²) in [6, 6.07) is 10.0. The maximum atomic E-state index is 12.3. The fraction of sp³-hybridized carbons (Fsp3) is 0.154. The van der Waals surface area contributed by atoms with Crippen LogP contribution in [0.1, 0.15) is 48.4 Å². The molecule has 0 fully saturated rings. The molecule has 0 bridgehead atoms. The van der Waals surface area contributed by atoms with Gasteiger partial charge in [-0.2, -0.15) is 0 Å². The van der Waals surface area contributed by atoms with E-state index in [2.05, 4.69) is 9.97 Å². The lowest BCUT2D eigenvalue weighted by atomic mass is 9.99. The number of halogens is 2. The molecule has 0 unspecified atom stereocenters. The number of pyridine rings is 2. The van der Waals surface area contributed by atoms with Crippen molar-refractivity contribution < 1.29 is 14.7 Å². The number of hydrogen-bond acceptors (Lipinski definition) is 5. The van der Waals surface area contributed by atoms with Crippen LogP contribution in [0.2, 0.25) is 10.0 Å². The molecule has 4 aromatic rings. The highest BCUT2D eigenvalue weighted by atomic mass is 35.5. The lowest BCUT2D eigenvalue weighted by molar-refractivity contribution is -0.111. The Morgan fingerprint density at radius 3 is 2.29 bits per heavy atom. The Kier molecular flexibility index (Phi) is 6.65. The van der Waals surface area contributed by atoms with Crippen LogP contribution in [0.4, 0.5) is 0 Å². The number of carbonyl (C=O) groups excluding carboxylic acids is 1. The van der Waals surface area contributed by atoms with Crippen LogP contribution >= 0.6 is 23.2 Å². The monoisotopic (exact) mass is 508 g/mol. The van der Waals surface area contributed by atoms with E-state index in [1.54, 1.807) is 19.3 Å². The van der Waals surface area contributed by atoms with Crippen molar-refractivity contribution in [3.05, 3.63) is 87.6 Å². The number of carboxylic acid groups (broad SMARTS) is 1. The van der Waals surface area contributed by atoms with Crippen molar-refractivity contribution in [3.8, 4) is 11.1 Å². The van der Waals surface area contributed by atoms with Crippen molar-refractivity contribution in [2.24, 2.45) is 5.73 Å². The average molecular weight is 509 g/mol. The number of carbonyl (C=O) groups is 2. The molecule has 0 amide bonds. The predicted octanol–water partition coefficient (Wildman–Crippen LogP) is 5.99. The Morgan fingerprint density at radius 2 is 1.74 bits per heavy atom. The average Bonchev–Trinajstić information content (AvgIpc) is 3.16. The van der Waals surface area contributed by atoms with Crippen LogP contribution in [0, 0.1) is 0 Å². The Morgan fingerprint density at radius 1 is 1.06 bits per heavy atom. The first-order valence-corrected chi connectivity index (χ1v) is 11.5. The minimum absolute atomic E-state index is 0.0197. The van der Waals surface area contributed by atoms with Crippen LogP contribution < -0.4 is 5.73 Å². The Balaban J connectivity index is 2.04. The maximum absolute atomic E-state index is 12.3. The van der Waals surface area contributed by atoms with Gasteiger partial charge in [0.2, 0.25) is 0 Å². The lowest BCUT2D eigenvalue weighted by Gasteiger charge is -2.14. The molecule has 0 saturated heterocycles.